The van der Waals surface area contributed by atoms with Gasteiger partial charge >= 0.3 is 0 Å². The van der Waals surface area contributed by atoms with E-state index in [0.29, 0.717) is 12.1 Å². The highest BCUT2D eigenvalue weighted by Gasteiger charge is 2.03. The minimum atomic E-state index is -0.0616. The lowest BCUT2D eigenvalue weighted by Crippen LogP contribution is -2.24. The van der Waals surface area contributed by atoms with Gasteiger partial charge in [0.15, 0.2) is 0 Å². The maximum absolute atomic E-state index is 11.8. The number of halogens is 1. The van der Waals surface area contributed by atoms with Gasteiger partial charge in [0.25, 0.3) is 5.91 Å². The van der Waals surface area contributed by atoms with Gasteiger partial charge in [-0.3, -0.25) is 9.78 Å². The van der Waals surface area contributed by atoms with Crippen LogP contribution < -0.4 is 5.32 Å². The molecule has 2 aromatic rings. The second-order valence-electron chi connectivity index (χ2n) is 4.23. The second kappa shape index (κ2) is 6.90. The van der Waals surface area contributed by atoms with Crippen LogP contribution in [0.3, 0.4) is 0 Å². The Kier molecular flexibility index (Phi) is 4.93. The van der Waals surface area contributed by atoms with Gasteiger partial charge in [0.2, 0.25) is 0 Å². The van der Waals surface area contributed by atoms with Crippen LogP contribution in [-0.2, 0) is 6.42 Å². The van der Waals surface area contributed by atoms with Crippen molar-refractivity contribution in [3.8, 4) is 0 Å². The number of aryl methyl sites for hydroxylation is 1. The highest BCUT2D eigenvalue weighted by Crippen LogP contribution is 2.11. The van der Waals surface area contributed by atoms with Crippen LogP contribution in [0.15, 0.2) is 48.8 Å². The van der Waals surface area contributed by atoms with Crippen LogP contribution in [0, 0.1) is 0 Å². The molecular formula is C15H15ClN2O. The summed E-state index contributed by atoms with van der Waals surface area (Å²) >= 11 is 5.91. The Bertz CT molecular complexity index is 543. The molecule has 0 aliphatic rings. The summed E-state index contributed by atoms with van der Waals surface area (Å²) in [7, 11) is 0. The molecule has 0 unspecified atom stereocenters. The average molecular weight is 275 g/mol. The molecule has 0 spiro atoms. The summed E-state index contributed by atoms with van der Waals surface area (Å²) < 4.78 is 0. The Labute approximate surface area is 117 Å². The summed E-state index contributed by atoms with van der Waals surface area (Å²) in [6.07, 6.45) is 5.01. The van der Waals surface area contributed by atoms with Gasteiger partial charge in [-0.05, 0) is 42.7 Å². The number of hydrogen-bond donors (Lipinski definition) is 1. The van der Waals surface area contributed by atoms with E-state index in [2.05, 4.69) is 10.3 Å². The van der Waals surface area contributed by atoms with Crippen LogP contribution in [0.1, 0.15) is 22.3 Å². The molecule has 98 valence electrons. The highest BCUT2D eigenvalue weighted by molar-refractivity contribution is 6.30. The first-order valence-corrected chi connectivity index (χ1v) is 6.56. The van der Waals surface area contributed by atoms with Crippen molar-refractivity contribution >= 4 is 17.5 Å². The van der Waals surface area contributed by atoms with Crippen molar-refractivity contribution in [1.82, 2.24) is 10.3 Å². The molecule has 1 amide bonds. The minimum Gasteiger partial charge on any atom is -0.352 e. The smallest absolute Gasteiger partial charge is 0.251 e. The van der Waals surface area contributed by atoms with Crippen LogP contribution in [0.2, 0.25) is 5.02 Å². The summed E-state index contributed by atoms with van der Waals surface area (Å²) in [6, 6.07) is 11.2. The van der Waals surface area contributed by atoms with Crippen molar-refractivity contribution < 1.29 is 4.79 Å². The molecule has 1 aromatic heterocycles. The second-order valence-corrected chi connectivity index (χ2v) is 4.66. The molecule has 0 aliphatic heterocycles. The zero-order valence-corrected chi connectivity index (χ0v) is 11.2. The summed E-state index contributed by atoms with van der Waals surface area (Å²) in [5.41, 5.74) is 1.82. The van der Waals surface area contributed by atoms with Crippen molar-refractivity contribution in [2.75, 3.05) is 6.54 Å². The van der Waals surface area contributed by atoms with E-state index < -0.39 is 0 Å². The van der Waals surface area contributed by atoms with Crippen molar-refractivity contribution in [3.05, 3.63) is 64.9 Å². The summed E-state index contributed by atoms with van der Waals surface area (Å²) in [5.74, 6) is -0.0616. The molecule has 0 aliphatic carbocycles. The van der Waals surface area contributed by atoms with Gasteiger partial charge in [0.05, 0.1) is 0 Å². The number of pyridine rings is 1. The van der Waals surface area contributed by atoms with Gasteiger partial charge in [-0.15, -0.1) is 0 Å². The maximum atomic E-state index is 11.8. The zero-order valence-electron chi connectivity index (χ0n) is 10.5. The quantitative estimate of drug-likeness (QED) is 0.852. The molecule has 0 radical (unpaired) electrons. The Hall–Kier alpha value is -1.87. The topological polar surface area (TPSA) is 42.0 Å². The molecule has 1 heterocycles. The van der Waals surface area contributed by atoms with E-state index in [0.717, 1.165) is 17.9 Å². The number of aromatic nitrogens is 1. The van der Waals surface area contributed by atoms with Crippen LogP contribution in [-0.4, -0.2) is 17.4 Å². The van der Waals surface area contributed by atoms with Crippen LogP contribution in [0.4, 0.5) is 0 Å². The third-order valence-corrected chi connectivity index (χ3v) is 2.99. The van der Waals surface area contributed by atoms with Crippen LogP contribution in [0.25, 0.3) is 0 Å². The molecule has 1 aromatic carbocycles. The number of carbonyl (C=O) groups excluding carboxylic acids is 1. The molecule has 1 N–H and O–H groups in total. The fourth-order valence-electron chi connectivity index (χ4n) is 1.79. The van der Waals surface area contributed by atoms with Crippen molar-refractivity contribution in [2.45, 2.75) is 12.8 Å². The van der Waals surface area contributed by atoms with E-state index in [4.69, 9.17) is 11.6 Å². The van der Waals surface area contributed by atoms with Gasteiger partial charge in [-0.25, -0.2) is 0 Å². The Balaban J connectivity index is 1.74. The lowest BCUT2D eigenvalue weighted by Gasteiger charge is -2.05. The number of amides is 1. The fraction of sp³-hybridized carbons (Fsp3) is 0.200. The molecule has 0 bridgehead atoms. The largest absolute Gasteiger partial charge is 0.352 e. The SMILES string of the molecule is O=C(NCCCc1cccc(Cl)c1)c1ccncc1. The van der Waals surface area contributed by atoms with E-state index >= 15 is 0 Å². The summed E-state index contributed by atoms with van der Waals surface area (Å²) in [6.45, 7) is 0.646. The number of nitrogens with one attached hydrogen (secondary N) is 1. The average Bonchev–Trinajstić information content (AvgIpc) is 2.44. The van der Waals surface area contributed by atoms with E-state index in [-0.39, 0.29) is 5.91 Å². The first-order valence-electron chi connectivity index (χ1n) is 6.18. The number of hydrogen-bond acceptors (Lipinski definition) is 2. The highest BCUT2D eigenvalue weighted by atomic mass is 35.5. The van der Waals surface area contributed by atoms with Crippen molar-refractivity contribution in [3.63, 3.8) is 0 Å². The molecule has 4 heteroatoms. The van der Waals surface area contributed by atoms with Gasteiger partial charge in [0, 0.05) is 29.5 Å². The number of benzene rings is 1. The summed E-state index contributed by atoms with van der Waals surface area (Å²) in [4.78, 5) is 15.6. The Morgan fingerprint density at radius 1 is 1.21 bits per heavy atom. The minimum absolute atomic E-state index is 0.0616. The first-order chi connectivity index (χ1) is 9.25. The van der Waals surface area contributed by atoms with Gasteiger partial charge < -0.3 is 5.32 Å². The number of carbonyl (C=O) groups is 1. The van der Waals surface area contributed by atoms with Crippen LogP contribution in [0.5, 0.6) is 0 Å². The molecule has 2 rings (SSSR count). The van der Waals surface area contributed by atoms with E-state index in [1.54, 1.807) is 24.5 Å². The van der Waals surface area contributed by atoms with E-state index in [1.165, 1.54) is 5.56 Å². The van der Waals surface area contributed by atoms with Crippen molar-refractivity contribution in [2.24, 2.45) is 0 Å². The standard InChI is InChI=1S/C15H15ClN2O/c16-14-5-1-3-12(11-14)4-2-8-18-15(19)13-6-9-17-10-7-13/h1,3,5-7,9-11H,2,4,8H2,(H,18,19). The lowest BCUT2D eigenvalue weighted by atomic mass is 10.1. The monoisotopic (exact) mass is 274 g/mol. The van der Waals surface area contributed by atoms with Gasteiger partial charge in [-0.2, -0.15) is 0 Å². The molecule has 0 fully saturated rings. The van der Waals surface area contributed by atoms with Crippen LogP contribution >= 0.6 is 11.6 Å². The molecule has 0 saturated heterocycles. The van der Waals surface area contributed by atoms with E-state index in [1.807, 2.05) is 24.3 Å². The molecule has 0 saturated carbocycles. The predicted octanol–water partition coefficient (Wildman–Crippen LogP) is 3.10. The number of nitrogens with zero attached hydrogens (tertiary/aromatic N) is 1. The third kappa shape index (κ3) is 4.38. The molecule has 19 heavy (non-hydrogen) atoms. The Morgan fingerprint density at radius 2 is 2.00 bits per heavy atom. The molecule has 0 atom stereocenters. The third-order valence-electron chi connectivity index (χ3n) is 2.76. The van der Waals surface area contributed by atoms with Gasteiger partial charge in [-0.1, -0.05) is 23.7 Å². The molecule has 3 nitrogen and oxygen atoms in total. The van der Waals surface area contributed by atoms with Crippen molar-refractivity contribution in [1.29, 1.82) is 0 Å². The summed E-state index contributed by atoms with van der Waals surface area (Å²) in [5, 5.41) is 3.63. The normalized spacial score (nSPS) is 10.2. The predicted molar refractivity (Wildman–Crippen MR) is 76.3 cm³/mol. The maximum Gasteiger partial charge on any atom is 0.251 e. The number of rotatable bonds is 5. The van der Waals surface area contributed by atoms with Gasteiger partial charge in [0.1, 0.15) is 0 Å². The lowest BCUT2D eigenvalue weighted by molar-refractivity contribution is 0.0953. The zero-order chi connectivity index (χ0) is 13.5. The Morgan fingerprint density at radius 3 is 2.74 bits per heavy atom. The fourth-order valence-corrected chi connectivity index (χ4v) is 2.01. The molecular weight excluding hydrogens is 260 g/mol. The van der Waals surface area contributed by atoms with E-state index in [9.17, 15) is 4.79 Å². The first kappa shape index (κ1) is 13.6.